The lowest BCUT2D eigenvalue weighted by molar-refractivity contribution is -0.123. The first kappa shape index (κ1) is 30.5. The van der Waals surface area contributed by atoms with Crippen molar-refractivity contribution in [1.82, 2.24) is 4.90 Å². The number of imide groups is 1. The first-order valence-corrected chi connectivity index (χ1v) is 15.5. The van der Waals surface area contributed by atoms with Crippen molar-refractivity contribution in [3.05, 3.63) is 74.6 Å². The molecule has 0 bridgehead atoms. The second kappa shape index (κ2) is 12.4. The fraction of sp³-hybridized carbons (Fsp3) is 0.179. The van der Waals surface area contributed by atoms with Crippen molar-refractivity contribution in [1.29, 1.82) is 0 Å². The van der Waals surface area contributed by atoms with Crippen LogP contribution in [0.15, 0.2) is 58.3 Å². The maximum absolute atomic E-state index is 13.2. The summed E-state index contributed by atoms with van der Waals surface area (Å²) in [6.07, 6.45) is 1.44. The molecule has 1 fully saturated rings. The minimum atomic E-state index is -4.35. The van der Waals surface area contributed by atoms with Gasteiger partial charge < -0.3 is 23.7 Å². The van der Waals surface area contributed by atoms with Crippen molar-refractivity contribution in [2.24, 2.45) is 0 Å². The van der Waals surface area contributed by atoms with Gasteiger partial charge in [-0.3, -0.25) is 19.3 Å². The van der Waals surface area contributed by atoms with Gasteiger partial charge in [-0.1, -0.05) is 23.2 Å². The van der Waals surface area contributed by atoms with E-state index in [4.69, 9.17) is 41.6 Å². The SMILES string of the molecule is CCOc1cc(/C=C2\SC(=O)N(Cc3cc4c(cc3Cl)OCO4)C2=O)cc(Cl)c1OS(=O)(=O)c1ccc(NC(C)=O)cc1. The quantitative estimate of drug-likeness (QED) is 0.211. The summed E-state index contributed by atoms with van der Waals surface area (Å²) in [4.78, 5) is 38.2. The summed E-state index contributed by atoms with van der Waals surface area (Å²) < 4.78 is 47.6. The molecule has 15 heteroatoms. The van der Waals surface area contributed by atoms with E-state index in [0.29, 0.717) is 33.3 Å². The summed E-state index contributed by atoms with van der Waals surface area (Å²) in [5.41, 5.74) is 1.28. The van der Waals surface area contributed by atoms with E-state index in [1.165, 1.54) is 49.4 Å². The van der Waals surface area contributed by atoms with Gasteiger partial charge in [0.25, 0.3) is 11.1 Å². The van der Waals surface area contributed by atoms with Gasteiger partial charge in [0, 0.05) is 23.7 Å². The van der Waals surface area contributed by atoms with E-state index >= 15 is 0 Å². The zero-order valence-corrected chi connectivity index (χ0v) is 25.7. The molecule has 0 atom stereocenters. The highest BCUT2D eigenvalue weighted by molar-refractivity contribution is 8.18. The van der Waals surface area contributed by atoms with Gasteiger partial charge >= 0.3 is 10.1 Å². The number of halogens is 2. The molecule has 2 heterocycles. The molecular weight excluding hydrogens is 643 g/mol. The van der Waals surface area contributed by atoms with E-state index < -0.39 is 21.3 Å². The molecule has 5 rings (SSSR count). The number of nitrogens with zero attached hydrogens (tertiary/aromatic N) is 1. The fourth-order valence-electron chi connectivity index (χ4n) is 4.12. The third-order valence-corrected chi connectivity index (χ3v) is 8.81. The Balaban J connectivity index is 1.38. The van der Waals surface area contributed by atoms with Crippen molar-refractivity contribution < 1.29 is 41.2 Å². The number of anilines is 1. The smallest absolute Gasteiger partial charge is 0.339 e. The zero-order chi connectivity index (χ0) is 30.9. The molecule has 1 N–H and O–H groups in total. The summed E-state index contributed by atoms with van der Waals surface area (Å²) in [6.45, 7) is 3.13. The number of carbonyl (C=O) groups is 3. The Morgan fingerprint density at radius 2 is 1.77 bits per heavy atom. The lowest BCUT2D eigenvalue weighted by atomic mass is 10.1. The molecule has 11 nitrogen and oxygen atoms in total. The molecule has 0 aromatic heterocycles. The second-order valence-corrected chi connectivity index (χ2v) is 12.4. The van der Waals surface area contributed by atoms with Crippen LogP contribution < -0.4 is 23.7 Å². The fourth-order valence-corrected chi connectivity index (χ4v) is 6.43. The number of nitrogens with one attached hydrogen (secondary N) is 1. The molecule has 0 radical (unpaired) electrons. The second-order valence-electron chi connectivity index (χ2n) is 9.07. The van der Waals surface area contributed by atoms with Crippen LogP contribution >= 0.6 is 35.0 Å². The first-order chi connectivity index (χ1) is 20.4. The normalized spacial score (nSPS) is 15.3. The number of carbonyl (C=O) groups excluding carboxylic acids is 3. The Morgan fingerprint density at radius 1 is 1.07 bits per heavy atom. The number of ether oxygens (including phenoxy) is 3. The van der Waals surface area contributed by atoms with Crippen LogP contribution in [0.2, 0.25) is 10.0 Å². The summed E-state index contributed by atoms with van der Waals surface area (Å²) in [6, 6.07) is 11.4. The van der Waals surface area contributed by atoms with Gasteiger partial charge in [0.05, 0.1) is 23.1 Å². The van der Waals surface area contributed by atoms with Gasteiger partial charge in [-0.15, -0.1) is 0 Å². The van der Waals surface area contributed by atoms with Gasteiger partial charge in [-0.05, 0) is 78.4 Å². The van der Waals surface area contributed by atoms with Crippen LogP contribution in [0.5, 0.6) is 23.0 Å². The van der Waals surface area contributed by atoms with E-state index in [2.05, 4.69) is 5.32 Å². The van der Waals surface area contributed by atoms with E-state index in [1.54, 1.807) is 19.1 Å². The average Bonchev–Trinajstić information content (AvgIpc) is 3.49. The Kier molecular flexibility index (Phi) is 8.79. The third-order valence-electron chi connectivity index (χ3n) is 6.03. The van der Waals surface area contributed by atoms with Crippen molar-refractivity contribution in [3.8, 4) is 23.0 Å². The van der Waals surface area contributed by atoms with Crippen LogP contribution in [-0.2, 0) is 26.3 Å². The number of benzene rings is 3. The molecule has 224 valence electrons. The summed E-state index contributed by atoms with van der Waals surface area (Å²) in [7, 11) is -4.35. The Morgan fingerprint density at radius 3 is 2.44 bits per heavy atom. The largest absolute Gasteiger partial charge is 0.490 e. The number of hydrogen-bond donors (Lipinski definition) is 1. The first-order valence-electron chi connectivity index (χ1n) is 12.6. The monoisotopic (exact) mass is 664 g/mol. The average molecular weight is 666 g/mol. The summed E-state index contributed by atoms with van der Waals surface area (Å²) >= 11 is 13.5. The Hall–Kier alpha value is -3.91. The highest BCUT2D eigenvalue weighted by Gasteiger charge is 2.36. The molecule has 43 heavy (non-hydrogen) atoms. The Labute approximate surface area is 260 Å². The zero-order valence-electron chi connectivity index (χ0n) is 22.5. The minimum absolute atomic E-state index is 0.00561. The molecule has 3 aromatic rings. The number of fused-ring (bicyclic) bond motifs is 1. The molecule has 3 aromatic carbocycles. The molecule has 2 aliphatic heterocycles. The van der Waals surface area contributed by atoms with Crippen LogP contribution in [0.3, 0.4) is 0 Å². The van der Waals surface area contributed by atoms with Crippen molar-refractivity contribution in [2.45, 2.75) is 25.3 Å². The summed E-state index contributed by atoms with van der Waals surface area (Å²) in [5, 5.41) is 2.25. The Bertz CT molecular complexity index is 1780. The highest BCUT2D eigenvalue weighted by atomic mass is 35.5. The molecule has 3 amide bonds. The molecular formula is C28H22Cl2N2O9S2. The minimum Gasteiger partial charge on any atom is -0.490 e. The predicted molar refractivity (Wildman–Crippen MR) is 160 cm³/mol. The third kappa shape index (κ3) is 6.69. The van der Waals surface area contributed by atoms with E-state index in [0.717, 1.165) is 16.7 Å². The van der Waals surface area contributed by atoms with E-state index in [9.17, 15) is 22.8 Å². The standard InChI is InChI=1S/C28H22Cl2N2O9S2/c1-3-38-24-9-16(8-21(30)26(24)41-43(36,37)19-6-4-18(5-7-19)31-15(2)33)10-25-27(34)32(28(35)42-25)13-17-11-22-23(12-20(17)29)40-14-39-22/h4-12H,3,13-14H2,1-2H3,(H,31,33)/b25-10-. The van der Waals surface area contributed by atoms with E-state index in [1.807, 2.05) is 0 Å². The highest BCUT2D eigenvalue weighted by Crippen LogP contribution is 2.42. The number of thioether (sulfide) groups is 1. The maximum atomic E-state index is 13.2. The van der Waals surface area contributed by atoms with Crippen LogP contribution in [0, 0.1) is 0 Å². The molecule has 0 spiro atoms. The predicted octanol–water partition coefficient (Wildman–Crippen LogP) is 6.08. The van der Waals surface area contributed by atoms with Crippen LogP contribution in [0.25, 0.3) is 6.08 Å². The maximum Gasteiger partial charge on any atom is 0.339 e. The van der Waals surface area contributed by atoms with Crippen LogP contribution in [0.1, 0.15) is 25.0 Å². The van der Waals surface area contributed by atoms with E-state index in [-0.39, 0.29) is 52.2 Å². The van der Waals surface area contributed by atoms with Gasteiger partial charge in [-0.25, -0.2) is 0 Å². The topological polar surface area (TPSA) is 138 Å². The number of hydrogen-bond acceptors (Lipinski definition) is 10. The van der Waals surface area contributed by atoms with Crippen molar-refractivity contribution >= 4 is 73.9 Å². The van der Waals surface area contributed by atoms with Crippen LogP contribution in [-0.4, -0.2) is 43.8 Å². The van der Waals surface area contributed by atoms with Gasteiger partial charge in [0.15, 0.2) is 17.2 Å². The van der Waals surface area contributed by atoms with Crippen molar-refractivity contribution in [3.63, 3.8) is 0 Å². The lowest BCUT2D eigenvalue weighted by Crippen LogP contribution is -2.27. The van der Waals surface area contributed by atoms with Gasteiger partial charge in [-0.2, -0.15) is 8.42 Å². The van der Waals surface area contributed by atoms with Gasteiger partial charge in [0.2, 0.25) is 18.4 Å². The number of amides is 3. The molecule has 0 unspecified atom stereocenters. The molecule has 2 aliphatic rings. The molecule has 0 saturated carbocycles. The lowest BCUT2D eigenvalue weighted by Gasteiger charge is -2.15. The summed E-state index contributed by atoms with van der Waals surface area (Å²) in [5.74, 6) is -0.165. The number of rotatable bonds is 9. The molecule has 0 aliphatic carbocycles. The molecule has 1 saturated heterocycles. The van der Waals surface area contributed by atoms with Crippen molar-refractivity contribution in [2.75, 3.05) is 18.7 Å². The van der Waals surface area contributed by atoms with Gasteiger partial charge in [0.1, 0.15) is 4.90 Å². The van der Waals surface area contributed by atoms with Crippen LogP contribution in [0.4, 0.5) is 10.5 Å².